The minimum absolute atomic E-state index is 0.229. The summed E-state index contributed by atoms with van der Waals surface area (Å²) in [6.45, 7) is 6.70. The number of methoxy groups -OCH3 is 1. The first kappa shape index (κ1) is 27.7. The summed E-state index contributed by atoms with van der Waals surface area (Å²) in [5.74, 6) is 0.736. The van der Waals surface area contributed by atoms with Crippen LogP contribution < -0.4 is 4.74 Å². The van der Waals surface area contributed by atoms with Crippen LogP contribution >= 0.6 is 34.5 Å². The SMILES string of the molecule is CC.CCCCc1ccc(C(=O)OC)s1.FC1CCC(COc2cc(Cl)cc(Cl)c2)C1. The smallest absolute Gasteiger partial charge is 0.348 e. The Bertz CT molecular complexity index is 762. The van der Waals surface area contributed by atoms with Crippen LogP contribution in [0.2, 0.25) is 10.0 Å². The average Bonchev–Trinajstić information content (AvgIpc) is 3.40. The molecule has 0 radical (unpaired) electrons. The Morgan fingerprint density at radius 1 is 1.16 bits per heavy atom. The molecule has 1 saturated carbocycles. The summed E-state index contributed by atoms with van der Waals surface area (Å²) >= 11 is 13.2. The van der Waals surface area contributed by atoms with Gasteiger partial charge < -0.3 is 9.47 Å². The van der Waals surface area contributed by atoms with Crippen LogP contribution in [0.5, 0.6) is 5.75 Å². The van der Waals surface area contributed by atoms with E-state index in [1.54, 1.807) is 18.2 Å². The molecule has 31 heavy (non-hydrogen) atoms. The van der Waals surface area contributed by atoms with Crippen LogP contribution in [-0.2, 0) is 11.2 Å². The molecule has 1 heterocycles. The van der Waals surface area contributed by atoms with E-state index in [9.17, 15) is 9.18 Å². The number of carbonyl (C=O) groups excluding carboxylic acids is 1. The number of carbonyl (C=O) groups is 1. The highest BCUT2D eigenvalue weighted by Crippen LogP contribution is 2.30. The second-order valence-electron chi connectivity index (χ2n) is 7.05. The van der Waals surface area contributed by atoms with Gasteiger partial charge in [0.2, 0.25) is 0 Å². The summed E-state index contributed by atoms with van der Waals surface area (Å²) in [6, 6.07) is 8.93. The van der Waals surface area contributed by atoms with E-state index in [1.165, 1.54) is 36.2 Å². The number of esters is 1. The summed E-state index contributed by atoms with van der Waals surface area (Å²) in [4.78, 5) is 13.1. The normalized spacial score (nSPS) is 17.1. The highest BCUT2D eigenvalue weighted by atomic mass is 35.5. The Morgan fingerprint density at radius 3 is 2.39 bits per heavy atom. The average molecular weight is 491 g/mol. The molecule has 0 spiro atoms. The summed E-state index contributed by atoms with van der Waals surface area (Å²) in [7, 11) is 1.41. The van der Waals surface area contributed by atoms with Crippen molar-refractivity contribution in [2.24, 2.45) is 5.92 Å². The molecular formula is C24H33Cl2FO3S. The maximum absolute atomic E-state index is 12.9. The van der Waals surface area contributed by atoms with Crippen molar-refractivity contribution in [3.05, 3.63) is 50.1 Å². The molecule has 3 rings (SSSR count). The number of unbranched alkanes of at least 4 members (excludes halogenated alkanes) is 1. The van der Waals surface area contributed by atoms with Gasteiger partial charge in [0.25, 0.3) is 0 Å². The standard InChI is InChI=1S/C12H13Cl2FO.C10H14O2S.C2H6/c13-9-4-10(14)6-12(5-9)16-7-8-1-2-11(15)3-8;1-3-4-5-8-6-7-9(13-8)10(11)12-2;1-2/h4-6,8,11H,1-3,7H2;6-7H,3-5H2,1-2H3;1-2H3. The van der Waals surface area contributed by atoms with Crippen LogP contribution in [-0.4, -0.2) is 25.9 Å². The lowest BCUT2D eigenvalue weighted by Crippen LogP contribution is -2.09. The van der Waals surface area contributed by atoms with Crippen LogP contribution in [0.4, 0.5) is 4.39 Å². The Balaban J connectivity index is 0.000000293. The summed E-state index contributed by atoms with van der Waals surface area (Å²) in [6.07, 6.45) is 4.94. The Labute approximate surface area is 199 Å². The lowest BCUT2D eigenvalue weighted by atomic mass is 10.1. The third kappa shape index (κ3) is 10.7. The molecule has 1 aliphatic rings. The van der Waals surface area contributed by atoms with Crippen molar-refractivity contribution in [3.63, 3.8) is 0 Å². The second kappa shape index (κ2) is 15.5. The Kier molecular flexibility index (Phi) is 13.9. The molecule has 1 aromatic heterocycles. The molecular weight excluding hydrogens is 458 g/mol. The summed E-state index contributed by atoms with van der Waals surface area (Å²) in [5.41, 5.74) is 0. The van der Waals surface area contributed by atoms with Gasteiger partial charge in [0.15, 0.2) is 0 Å². The molecule has 1 aliphatic carbocycles. The lowest BCUT2D eigenvalue weighted by Gasteiger charge is -2.11. The van der Waals surface area contributed by atoms with Crippen molar-refractivity contribution in [2.45, 2.75) is 65.5 Å². The fourth-order valence-electron chi connectivity index (χ4n) is 3.06. The zero-order valence-electron chi connectivity index (χ0n) is 18.8. The second-order valence-corrected chi connectivity index (χ2v) is 9.09. The quantitative estimate of drug-likeness (QED) is 0.365. The minimum Gasteiger partial charge on any atom is -0.493 e. The molecule has 3 nitrogen and oxygen atoms in total. The van der Waals surface area contributed by atoms with Crippen molar-refractivity contribution in [2.75, 3.05) is 13.7 Å². The Hall–Kier alpha value is -1.30. The van der Waals surface area contributed by atoms with Gasteiger partial charge in [-0.05, 0) is 68.4 Å². The van der Waals surface area contributed by atoms with Gasteiger partial charge >= 0.3 is 5.97 Å². The van der Waals surface area contributed by atoms with E-state index < -0.39 is 6.17 Å². The molecule has 174 valence electrons. The van der Waals surface area contributed by atoms with E-state index in [-0.39, 0.29) is 5.97 Å². The molecule has 1 aromatic carbocycles. The van der Waals surface area contributed by atoms with Gasteiger partial charge in [0, 0.05) is 14.9 Å². The number of hydrogen-bond acceptors (Lipinski definition) is 4. The molecule has 0 saturated heterocycles. The topological polar surface area (TPSA) is 35.5 Å². The van der Waals surface area contributed by atoms with E-state index in [0.717, 1.165) is 12.8 Å². The number of halogens is 3. The third-order valence-electron chi connectivity index (χ3n) is 4.62. The molecule has 1 fully saturated rings. The van der Waals surface area contributed by atoms with Crippen LogP contribution in [0.25, 0.3) is 0 Å². The van der Waals surface area contributed by atoms with Gasteiger partial charge in [-0.15, -0.1) is 11.3 Å². The predicted molar refractivity (Wildman–Crippen MR) is 130 cm³/mol. The number of rotatable bonds is 7. The minimum atomic E-state index is -0.656. The lowest BCUT2D eigenvalue weighted by molar-refractivity contribution is 0.0606. The fourth-order valence-corrected chi connectivity index (χ4v) is 4.54. The van der Waals surface area contributed by atoms with Crippen LogP contribution in [0.1, 0.15) is 67.4 Å². The van der Waals surface area contributed by atoms with Crippen LogP contribution in [0.3, 0.4) is 0 Å². The largest absolute Gasteiger partial charge is 0.493 e. The molecule has 2 aromatic rings. The van der Waals surface area contributed by atoms with Crippen molar-refractivity contribution in [3.8, 4) is 5.75 Å². The summed E-state index contributed by atoms with van der Waals surface area (Å²) in [5, 5.41) is 1.11. The first-order valence-electron chi connectivity index (χ1n) is 10.8. The van der Waals surface area contributed by atoms with Gasteiger partial charge in [-0.25, -0.2) is 9.18 Å². The van der Waals surface area contributed by atoms with Crippen LogP contribution in [0, 0.1) is 5.92 Å². The molecule has 0 bridgehead atoms. The summed E-state index contributed by atoms with van der Waals surface area (Å²) < 4.78 is 23.1. The monoisotopic (exact) mass is 490 g/mol. The van der Waals surface area contributed by atoms with Gasteiger partial charge in [-0.3, -0.25) is 0 Å². The van der Waals surface area contributed by atoms with Crippen molar-refractivity contribution in [1.82, 2.24) is 0 Å². The van der Waals surface area contributed by atoms with E-state index in [2.05, 4.69) is 11.7 Å². The molecule has 0 N–H and O–H groups in total. The van der Waals surface area contributed by atoms with Gasteiger partial charge in [-0.1, -0.05) is 50.4 Å². The third-order valence-corrected chi connectivity index (χ3v) is 6.19. The Morgan fingerprint density at radius 2 is 1.84 bits per heavy atom. The molecule has 2 unspecified atom stereocenters. The van der Waals surface area contributed by atoms with Gasteiger partial charge in [0.05, 0.1) is 13.7 Å². The fraction of sp³-hybridized carbons (Fsp3) is 0.542. The number of thiophene rings is 1. The highest BCUT2D eigenvalue weighted by molar-refractivity contribution is 7.13. The zero-order valence-corrected chi connectivity index (χ0v) is 21.1. The van der Waals surface area contributed by atoms with E-state index in [1.807, 2.05) is 26.0 Å². The van der Waals surface area contributed by atoms with Crippen molar-refractivity contribution >= 4 is 40.5 Å². The number of alkyl halides is 1. The number of aryl methyl sites for hydroxylation is 1. The highest BCUT2D eigenvalue weighted by Gasteiger charge is 2.24. The van der Waals surface area contributed by atoms with Gasteiger partial charge in [-0.2, -0.15) is 0 Å². The van der Waals surface area contributed by atoms with Crippen molar-refractivity contribution in [1.29, 1.82) is 0 Å². The maximum atomic E-state index is 12.9. The van der Waals surface area contributed by atoms with Crippen molar-refractivity contribution < 1.29 is 18.7 Å². The molecule has 2 atom stereocenters. The number of hydrogen-bond donors (Lipinski definition) is 0. The zero-order chi connectivity index (χ0) is 23.2. The molecule has 0 amide bonds. The number of benzene rings is 1. The van der Waals surface area contributed by atoms with Gasteiger partial charge in [0.1, 0.15) is 16.8 Å². The predicted octanol–water partition coefficient (Wildman–Crippen LogP) is 8.41. The first-order valence-corrected chi connectivity index (χ1v) is 12.4. The number of ether oxygens (including phenoxy) is 2. The first-order chi connectivity index (χ1) is 14.9. The molecule has 0 aliphatic heterocycles. The maximum Gasteiger partial charge on any atom is 0.348 e. The molecule has 7 heteroatoms. The van der Waals surface area contributed by atoms with E-state index >= 15 is 0 Å². The van der Waals surface area contributed by atoms with E-state index in [0.29, 0.717) is 46.0 Å². The van der Waals surface area contributed by atoms with Crippen LogP contribution in [0.15, 0.2) is 30.3 Å². The van der Waals surface area contributed by atoms with E-state index in [4.69, 9.17) is 27.9 Å².